The Kier molecular flexibility index (Phi) is 2.18. The van der Waals surface area contributed by atoms with E-state index in [1.165, 1.54) is 0 Å². The molecule has 0 saturated carbocycles. The van der Waals surface area contributed by atoms with E-state index in [0.717, 1.165) is 5.56 Å². The molecule has 1 saturated heterocycles. The number of hydrogen-bond acceptors (Lipinski definition) is 3. The largest absolute Gasteiger partial charge is 0.434 e. The van der Waals surface area contributed by atoms with Crippen LogP contribution in [0.3, 0.4) is 0 Å². The maximum Gasteiger partial charge on any atom is 0.398 e. The standard InChI is InChI=1S/C10H9NO3/c12-9-10(13)14-8(11-9)6-7-4-2-1-3-5-7/h1-5,8H,6H2,(H,11,12). The summed E-state index contributed by atoms with van der Waals surface area (Å²) in [5, 5.41) is 2.44. The Morgan fingerprint density at radius 1 is 1.21 bits per heavy atom. The van der Waals surface area contributed by atoms with Gasteiger partial charge in [0, 0.05) is 6.42 Å². The summed E-state index contributed by atoms with van der Waals surface area (Å²) >= 11 is 0. The van der Waals surface area contributed by atoms with Crippen LogP contribution in [0.4, 0.5) is 0 Å². The summed E-state index contributed by atoms with van der Waals surface area (Å²) in [6.45, 7) is 0. The van der Waals surface area contributed by atoms with E-state index in [0.29, 0.717) is 6.42 Å². The van der Waals surface area contributed by atoms with Gasteiger partial charge in [-0.05, 0) is 5.56 Å². The number of nitrogens with one attached hydrogen (secondary N) is 1. The van der Waals surface area contributed by atoms with Gasteiger partial charge in [-0.2, -0.15) is 0 Å². The maximum atomic E-state index is 10.8. The Morgan fingerprint density at radius 2 is 1.93 bits per heavy atom. The van der Waals surface area contributed by atoms with Crippen molar-refractivity contribution in [3.8, 4) is 0 Å². The molecule has 1 amide bonds. The second-order valence-electron chi connectivity index (χ2n) is 3.06. The molecule has 14 heavy (non-hydrogen) atoms. The number of carbonyl (C=O) groups excluding carboxylic acids is 2. The minimum atomic E-state index is -0.800. The van der Waals surface area contributed by atoms with Crippen molar-refractivity contribution in [2.75, 3.05) is 0 Å². The molecule has 1 unspecified atom stereocenters. The fraction of sp³-hybridized carbons (Fsp3) is 0.200. The van der Waals surface area contributed by atoms with Gasteiger partial charge < -0.3 is 10.1 Å². The van der Waals surface area contributed by atoms with E-state index in [1.54, 1.807) is 0 Å². The van der Waals surface area contributed by atoms with Crippen LogP contribution < -0.4 is 5.32 Å². The molecule has 0 aromatic heterocycles. The summed E-state index contributed by atoms with van der Waals surface area (Å²) in [6.07, 6.45) is -0.00407. The number of cyclic esters (lactones) is 1. The number of rotatable bonds is 2. The highest BCUT2D eigenvalue weighted by atomic mass is 16.6. The summed E-state index contributed by atoms with van der Waals surface area (Å²) in [6, 6.07) is 9.53. The Morgan fingerprint density at radius 3 is 2.50 bits per heavy atom. The molecule has 0 spiro atoms. The molecular formula is C10H9NO3. The first kappa shape index (κ1) is 8.74. The van der Waals surface area contributed by atoms with E-state index in [9.17, 15) is 9.59 Å². The van der Waals surface area contributed by atoms with Gasteiger partial charge in [-0.15, -0.1) is 0 Å². The molecule has 1 aliphatic rings. The van der Waals surface area contributed by atoms with Crippen LogP contribution in [0, 0.1) is 0 Å². The van der Waals surface area contributed by atoms with Crippen molar-refractivity contribution < 1.29 is 14.3 Å². The highest BCUT2D eigenvalue weighted by Gasteiger charge is 2.30. The molecule has 0 aliphatic carbocycles. The fourth-order valence-corrected chi connectivity index (χ4v) is 1.34. The van der Waals surface area contributed by atoms with Gasteiger partial charge in [-0.1, -0.05) is 30.3 Å². The second kappa shape index (κ2) is 3.49. The summed E-state index contributed by atoms with van der Waals surface area (Å²) in [5.41, 5.74) is 1.02. The predicted molar refractivity (Wildman–Crippen MR) is 48.2 cm³/mol. The first-order chi connectivity index (χ1) is 6.75. The van der Waals surface area contributed by atoms with Gasteiger partial charge in [0.1, 0.15) is 0 Å². The maximum absolute atomic E-state index is 10.8. The van der Waals surface area contributed by atoms with Gasteiger partial charge >= 0.3 is 11.9 Å². The van der Waals surface area contributed by atoms with Crippen LogP contribution in [0.5, 0.6) is 0 Å². The van der Waals surface area contributed by atoms with E-state index in [2.05, 4.69) is 5.32 Å². The molecule has 1 N–H and O–H groups in total. The summed E-state index contributed by atoms with van der Waals surface area (Å²) in [5.74, 6) is -1.46. The zero-order valence-electron chi connectivity index (χ0n) is 7.40. The Hall–Kier alpha value is -1.84. The van der Waals surface area contributed by atoms with Gasteiger partial charge in [-0.3, -0.25) is 4.79 Å². The molecule has 1 heterocycles. The Balaban J connectivity index is 2.00. The Labute approximate surface area is 80.9 Å². The van der Waals surface area contributed by atoms with Crippen LogP contribution in [-0.2, 0) is 20.7 Å². The number of ether oxygens (including phenoxy) is 1. The first-order valence-electron chi connectivity index (χ1n) is 4.31. The third-order valence-corrected chi connectivity index (χ3v) is 1.99. The molecule has 0 radical (unpaired) electrons. The highest BCUT2D eigenvalue weighted by Crippen LogP contribution is 2.07. The highest BCUT2D eigenvalue weighted by molar-refractivity contribution is 6.34. The van der Waals surface area contributed by atoms with Crippen LogP contribution in [0.15, 0.2) is 30.3 Å². The molecule has 1 aromatic rings. The molecule has 2 rings (SSSR count). The van der Waals surface area contributed by atoms with Gasteiger partial charge in [0.15, 0.2) is 6.23 Å². The van der Waals surface area contributed by atoms with Crippen molar-refractivity contribution in [1.29, 1.82) is 0 Å². The zero-order chi connectivity index (χ0) is 9.97. The second-order valence-corrected chi connectivity index (χ2v) is 3.06. The van der Waals surface area contributed by atoms with Crippen molar-refractivity contribution in [1.82, 2.24) is 5.32 Å². The minimum absolute atomic E-state index is 0.512. The number of amides is 1. The van der Waals surface area contributed by atoms with Crippen LogP contribution in [-0.4, -0.2) is 18.1 Å². The predicted octanol–water partition coefficient (Wildman–Crippen LogP) is 0.228. The van der Waals surface area contributed by atoms with Crippen molar-refractivity contribution >= 4 is 11.9 Å². The Bertz CT molecular complexity index is 345. The summed E-state index contributed by atoms with van der Waals surface area (Å²) < 4.78 is 4.78. The van der Waals surface area contributed by atoms with Crippen LogP contribution in [0.25, 0.3) is 0 Å². The SMILES string of the molecule is O=C1NC(Cc2ccccc2)OC1=O. The molecule has 0 bridgehead atoms. The van der Waals surface area contributed by atoms with E-state index in [4.69, 9.17) is 4.74 Å². The van der Waals surface area contributed by atoms with E-state index >= 15 is 0 Å². The van der Waals surface area contributed by atoms with Gasteiger partial charge in [0.2, 0.25) is 0 Å². The molecule has 1 fully saturated rings. The topological polar surface area (TPSA) is 55.4 Å². The molecule has 4 heteroatoms. The average molecular weight is 191 g/mol. The smallest absolute Gasteiger partial charge is 0.398 e. The van der Waals surface area contributed by atoms with Crippen molar-refractivity contribution in [3.05, 3.63) is 35.9 Å². The first-order valence-corrected chi connectivity index (χ1v) is 4.31. The average Bonchev–Trinajstić information content (AvgIpc) is 2.47. The fourth-order valence-electron chi connectivity index (χ4n) is 1.34. The summed E-state index contributed by atoms with van der Waals surface area (Å²) in [4.78, 5) is 21.5. The van der Waals surface area contributed by atoms with Gasteiger partial charge in [0.05, 0.1) is 0 Å². The molecule has 1 atom stereocenters. The van der Waals surface area contributed by atoms with Crippen molar-refractivity contribution in [2.45, 2.75) is 12.6 Å². The van der Waals surface area contributed by atoms with Crippen LogP contribution in [0.2, 0.25) is 0 Å². The normalized spacial score (nSPS) is 20.4. The van der Waals surface area contributed by atoms with Crippen molar-refractivity contribution in [3.63, 3.8) is 0 Å². The molecule has 1 aliphatic heterocycles. The third kappa shape index (κ3) is 1.74. The number of carbonyl (C=O) groups is 2. The molecule has 4 nitrogen and oxygen atoms in total. The van der Waals surface area contributed by atoms with Gasteiger partial charge in [-0.25, -0.2) is 4.79 Å². The minimum Gasteiger partial charge on any atom is -0.434 e. The number of esters is 1. The van der Waals surface area contributed by atoms with Gasteiger partial charge in [0.25, 0.3) is 0 Å². The quantitative estimate of drug-likeness (QED) is 0.537. The van der Waals surface area contributed by atoms with Crippen molar-refractivity contribution in [2.24, 2.45) is 0 Å². The van der Waals surface area contributed by atoms with E-state index < -0.39 is 18.1 Å². The molecule has 72 valence electrons. The lowest BCUT2D eigenvalue weighted by Crippen LogP contribution is -2.28. The summed E-state index contributed by atoms with van der Waals surface area (Å²) in [7, 11) is 0. The van der Waals surface area contributed by atoms with Crippen LogP contribution >= 0.6 is 0 Å². The van der Waals surface area contributed by atoms with E-state index in [-0.39, 0.29) is 0 Å². The molecular weight excluding hydrogens is 182 g/mol. The lowest BCUT2D eigenvalue weighted by molar-refractivity contribution is -0.148. The monoisotopic (exact) mass is 191 g/mol. The number of benzene rings is 1. The number of hydrogen-bond donors (Lipinski definition) is 1. The van der Waals surface area contributed by atoms with E-state index in [1.807, 2.05) is 30.3 Å². The third-order valence-electron chi connectivity index (χ3n) is 1.99. The lowest BCUT2D eigenvalue weighted by Gasteiger charge is -2.07. The molecule has 1 aromatic carbocycles. The zero-order valence-corrected chi connectivity index (χ0v) is 7.40. The lowest BCUT2D eigenvalue weighted by atomic mass is 10.1. The van der Waals surface area contributed by atoms with Crippen LogP contribution in [0.1, 0.15) is 5.56 Å².